The van der Waals surface area contributed by atoms with Crippen molar-refractivity contribution in [3.8, 4) is 5.75 Å². The summed E-state index contributed by atoms with van der Waals surface area (Å²) in [6.07, 6.45) is 7.77. The van der Waals surface area contributed by atoms with Crippen LogP contribution in [0.25, 0.3) is 0 Å². The third-order valence-electron chi connectivity index (χ3n) is 8.86. The molecule has 1 aliphatic heterocycles. The van der Waals surface area contributed by atoms with Gasteiger partial charge in [-0.2, -0.15) is 0 Å². The predicted octanol–water partition coefficient (Wildman–Crippen LogP) is 8.49. The fraction of sp³-hybridized carbons (Fsp3) is 0.606. The fourth-order valence-electron chi connectivity index (χ4n) is 6.45. The van der Waals surface area contributed by atoms with Crippen LogP contribution in [0, 0.1) is 17.8 Å². The number of hydrogen-bond donors (Lipinski definition) is 2. The van der Waals surface area contributed by atoms with Crippen molar-refractivity contribution in [2.45, 2.75) is 92.9 Å². The van der Waals surface area contributed by atoms with E-state index in [0.717, 1.165) is 41.2 Å². The summed E-state index contributed by atoms with van der Waals surface area (Å²) < 4.78 is 26.9. The Morgan fingerprint density at radius 1 is 1.10 bits per heavy atom. The van der Waals surface area contributed by atoms with Gasteiger partial charge in [0.1, 0.15) is 23.8 Å². The van der Waals surface area contributed by atoms with Crippen molar-refractivity contribution in [3.05, 3.63) is 48.0 Å². The molecular formula is C33H44FNO4S2. The van der Waals surface area contributed by atoms with E-state index in [4.69, 9.17) is 22.1 Å². The van der Waals surface area contributed by atoms with Crippen molar-refractivity contribution >= 4 is 41.7 Å². The molecule has 0 amide bonds. The molecule has 5 nitrogen and oxygen atoms in total. The second-order valence-corrected chi connectivity index (χ2v) is 14.0. The minimum atomic E-state index is -1.40. The molecule has 41 heavy (non-hydrogen) atoms. The minimum absolute atomic E-state index is 0.142. The zero-order chi connectivity index (χ0) is 28.9. The van der Waals surface area contributed by atoms with Crippen LogP contribution in [0.4, 0.5) is 15.8 Å². The average Bonchev–Trinajstić information content (AvgIpc) is 3.71. The molecule has 3 fully saturated rings. The maximum absolute atomic E-state index is 14.7. The van der Waals surface area contributed by atoms with E-state index in [2.05, 4.69) is 43.0 Å². The van der Waals surface area contributed by atoms with Gasteiger partial charge in [-0.15, -0.1) is 24.4 Å². The molecule has 1 N–H and O–H groups in total. The van der Waals surface area contributed by atoms with Crippen molar-refractivity contribution in [1.82, 2.24) is 0 Å². The van der Waals surface area contributed by atoms with Gasteiger partial charge in [-0.25, -0.2) is 4.39 Å². The lowest BCUT2D eigenvalue weighted by Crippen LogP contribution is -2.34. The van der Waals surface area contributed by atoms with E-state index in [1.165, 1.54) is 43.9 Å². The van der Waals surface area contributed by atoms with Crippen molar-refractivity contribution < 1.29 is 23.8 Å². The average molecular weight is 602 g/mol. The highest BCUT2D eigenvalue weighted by Crippen LogP contribution is 2.51. The molecule has 3 aliphatic rings. The molecule has 4 atom stereocenters. The maximum Gasteiger partial charge on any atom is 0.319 e. The van der Waals surface area contributed by atoms with Gasteiger partial charge in [0.05, 0.1) is 18.4 Å². The second-order valence-electron chi connectivity index (χ2n) is 12.2. The summed E-state index contributed by atoms with van der Waals surface area (Å²) in [6.45, 7) is 6.42. The quantitative estimate of drug-likeness (QED) is 0.177. The summed E-state index contributed by atoms with van der Waals surface area (Å²) in [6, 6.07) is 14.5. The molecule has 5 rings (SSSR count). The molecule has 0 aromatic heterocycles. The van der Waals surface area contributed by atoms with Crippen LogP contribution in [0.1, 0.15) is 76.0 Å². The standard InChI is InChI=1S/C33H44FNO4S2/c1-21(2)26(22-9-5-3-6-10-22)20-35(23-11-7-4-8-12-23)28-19-29(39-16-15-38-24-13-14-24)25(17-30(28)40)31-18-27(34)32(41-31)33(36)37/h4,7-8,11-12,17,19,21-22,24,26-27,31-32,40H,3,5-6,9-10,13-16,18,20H2,1-2H3,(H,36,37)/t26-,27?,31?,32?/m1/s1. The SMILES string of the molecule is CC(C)[C@@H](CN(c1ccccc1)c1cc(OCCOC2CC2)c(C2CC(F)C(C(=O)O)S2)cc1S)C1CCCCC1. The lowest BCUT2D eigenvalue weighted by Gasteiger charge is -2.38. The van der Waals surface area contributed by atoms with E-state index < -0.39 is 17.4 Å². The Bertz CT molecular complexity index is 1160. The third kappa shape index (κ3) is 7.74. The number of carboxylic acid groups (broad SMARTS) is 1. The monoisotopic (exact) mass is 601 g/mol. The van der Waals surface area contributed by atoms with Gasteiger partial charge >= 0.3 is 5.97 Å². The normalized spacial score (nSPS) is 24.0. The first-order valence-corrected chi connectivity index (χ1v) is 16.7. The molecular weight excluding hydrogens is 557 g/mol. The first-order valence-electron chi connectivity index (χ1n) is 15.3. The Labute approximate surface area is 254 Å². The largest absolute Gasteiger partial charge is 0.491 e. The molecule has 1 heterocycles. The number of carboxylic acids is 1. The van der Waals surface area contributed by atoms with E-state index in [1.54, 1.807) is 0 Å². The number of alkyl halides is 1. The smallest absolute Gasteiger partial charge is 0.319 e. The first kappa shape index (κ1) is 30.6. The lowest BCUT2D eigenvalue weighted by molar-refractivity contribution is -0.137. The van der Waals surface area contributed by atoms with Gasteiger partial charge in [-0.3, -0.25) is 4.79 Å². The molecule has 1 saturated heterocycles. The molecule has 2 aromatic rings. The first-order chi connectivity index (χ1) is 19.8. The zero-order valence-corrected chi connectivity index (χ0v) is 25.9. The number of nitrogens with zero attached hydrogens (tertiary/aromatic N) is 1. The van der Waals surface area contributed by atoms with Crippen LogP contribution in [0.3, 0.4) is 0 Å². The van der Waals surface area contributed by atoms with Gasteiger partial charge in [0.15, 0.2) is 0 Å². The summed E-state index contributed by atoms with van der Waals surface area (Å²) in [5.74, 6) is 1.30. The highest BCUT2D eigenvalue weighted by atomic mass is 32.2. The van der Waals surface area contributed by atoms with Crippen LogP contribution in [-0.4, -0.2) is 48.4 Å². The van der Waals surface area contributed by atoms with Gasteiger partial charge in [-0.1, -0.05) is 64.2 Å². The topological polar surface area (TPSA) is 59.0 Å². The number of ether oxygens (including phenoxy) is 2. The van der Waals surface area contributed by atoms with Crippen LogP contribution < -0.4 is 9.64 Å². The molecule has 8 heteroatoms. The third-order valence-corrected chi connectivity index (χ3v) is 10.8. The van der Waals surface area contributed by atoms with Crippen LogP contribution in [0.2, 0.25) is 0 Å². The minimum Gasteiger partial charge on any atom is -0.491 e. The van der Waals surface area contributed by atoms with Gasteiger partial charge in [0, 0.05) is 34.0 Å². The van der Waals surface area contributed by atoms with Gasteiger partial charge in [0.25, 0.3) is 0 Å². The Morgan fingerprint density at radius 2 is 1.83 bits per heavy atom. The lowest BCUT2D eigenvalue weighted by atomic mass is 9.74. The predicted molar refractivity (Wildman–Crippen MR) is 168 cm³/mol. The number of thiol groups is 1. The Kier molecular flexibility index (Phi) is 10.5. The molecule has 2 aromatic carbocycles. The summed E-state index contributed by atoms with van der Waals surface area (Å²) >= 11 is 6.15. The van der Waals surface area contributed by atoms with E-state index in [9.17, 15) is 14.3 Å². The summed E-state index contributed by atoms with van der Waals surface area (Å²) in [7, 11) is 0. The van der Waals surface area contributed by atoms with Crippen molar-refractivity contribution in [2.75, 3.05) is 24.7 Å². The van der Waals surface area contributed by atoms with Gasteiger partial charge in [-0.05, 0) is 55.2 Å². The molecule has 224 valence electrons. The van der Waals surface area contributed by atoms with Crippen molar-refractivity contribution in [3.63, 3.8) is 0 Å². The summed E-state index contributed by atoms with van der Waals surface area (Å²) in [5.41, 5.74) is 2.87. The molecule has 0 bridgehead atoms. The van der Waals surface area contributed by atoms with Gasteiger partial charge < -0.3 is 19.5 Å². The van der Waals surface area contributed by atoms with E-state index in [0.29, 0.717) is 42.8 Å². The fourth-order valence-corrected chi connectivity index (χ4v) is 8.16. The Morgan fingerprint density at radius 3 is 2.46 bits per heavy atom. The van der Waals surface area contributed by atoms with E-state index in [1.807, 2.05) is 18.2 Å². The van der Waals surface area contributed by atoms with Crippen LogP contribution in [0.15, 0.2) is 47.4 Å². The summed E-state index contributed by atoms with van der Waals surface area (Å²) in [5, 5.41) is 8.16. The van der Waals surface area contributed by atoms with Crippen LogP contribution in [-0.2, 0) is 9.53 Å². The number of carbonyl (C=O) groups is 1. The summed E-state index contributed by atoms with van der Waals surface area (Å²) in [4.78, 5) is 14.8. The molecule has 0 spiro atoms. The highest BCUT2D eigenvalue weighted by molar-refractivity contribution is 8.01. The number of para-hydroxylation sites is 1. The maximum atomic E-state index is 14.7. The van der Waals surface area contributed by atoms with E-state index in [-0.39, 0.29) is 11.7 Å². The zero-order valence-electron chi connectivity index (χ0n) is 24.2. The molecule has 2 aliphatic carbocycles. The van der Waals surface area contributed by atoms with Crippen molar-refractivity contribution in [2.24, 2.45) is 17.8 Å². The molecule has 2 saturated carbocycles. The van der Waals surface area contributed by atoms with E-state index >= 15 is 0 Å². The number of aliphatic carboxylic acids is 1. The second kappa shape index (κ2) is 14.0. The Hall–Kier alpha value is -1.90. The van der Waals surface area contributed by atoms with Gasteiger partial charge in [0.2, 0.25) is 0 Å². The number of benzene rings is 2. The Balaban J connectivity index is 1.49. The number of hydrogen-bond acceptors (Lipinski definition) is 6. The number of halogens is 1. The van der Waals surface area contributed by atoms with Crippen molar-refractivity contribution in [1.29, 1.82) is 0 Å². The van der Waals surface area contributed by atoms with Crippen LogP contribution >= 0.6 is 24.4 Å². The highest BCUT2D eigenvalue weighted by Gasteiger charge is 2.42. The number of thioether (sulfide) groups is 1. The molecule has 0 radical (unpaired) electrons. The number of rotatable bonds is 13. The number of anilines is 2. The molecule has 3 unspecified atom stereocenters. The van der Waals surface area contributed by atoms with Crippen LogP contribution in [0.5, 0.6) is 5.75 Å².